The topological polar surface area (TPSA) is 92.6 Å². The van der Waals surface area contributed by atoms with E-state index in [1.807, 2.05) is 24.3 Å². The van der Waals surface area contributed by atoms with Crippen molar-refractivity contribution in [1.29, 1.82) is 0 Å². The fourth-order valence-electron chi connectivity index (χ4n) is 2.35. The van der Waals surface area contributed by atoms with Crippen molar-refractivity contribution >= 4 is 5.84 Å². The van der Waals surface area contributed by atoms with Gasteiger partial charge in [0.25, 0.3) is 0 Å². The van der Waals surface area contributed by atoms with Gasteiger partial charge >= 0.3 is 0 Å². The SMILES string of the molecule is NC(=NO)c1ccc(CN2CCn3cnnc3C2)cc1. The molecule has 104 valence electrons. The second-order valence-corrected chi connectivity index (χ2v) is 4.83. The Morgan fingerprint density at radius 3 is 2.85 bits per heavy atom. The number of amidine groups is 1. The van der Waals surface area contributed by atoms with E-state index in [0.717, 1.165) is 37.6 Å². The van der Waals surface area contributed by atoms with Crippen LogP contribution in [0.25, 0.3) is 0 Å². The predicted molar refractivity (Wildman–Crippen MR) is 73.1 cm³/mol. The standard InChI is InChI=1S/C13H16N6O/c14-13(17-20)11-3-1-10(2-4-11)7-18-5-6-19-9-15-16-12(19)8-18/h1-4,9,20H,5-8H2,(H2,14,17). The Balaban J connectivity index is 1.67. The lowest BCUT2D eigenvalue weighted by Gasteiger charge is -2.26. The number of hydrogen-bond donors (Lipinski definition) is 2. The van der Waals surface area contributed by atoms with Gasteiger partial charge in [0.15, 0.2) is 5.84 Å². The van der Waals surface area contributed by atoms with E-state index in [2.05, 4.69) is 24.8 Å². The molecule has 7 nitrogen and oxygen atoms in total. The van der Waals surface area contributed by atoms with Gasteiger partial charge in [-0.25, -0.2) is 0 Å². The van der Waals surface area contributed by atoms with Crippen molar-refractivity contribution in [2.75, 3.05) is 6.54 Å². The van der Waals surface area contributed by atoms with Crippen LogP contribution in [0.2, 0.25) is 0 Å². The first kappa shape index (κ1) is 12.6. The summed E-state index contributed by atoms with van der Waals surface area (Å²) in [5.41, 5.74) is 7.45. The highest BCUT2D eigenvalue weighted by atomic mass is 16.4. The Bertz CT molecular complexity index is 618. The van der Waals surface area contributed by atoms with Crippen molar-refractivity contribution in [3.05, 3.63) is 47.5 Å². The summed E-state index contributed by atoms with van der Waals surface area (Å²) in [5.74, 6) is 1.13. The minimum Gasteiger partial charge on any atom is -0.409 e. The van der Waals surface area contributed by atoms with E-state index >= 15 is 0 Å². The van der Waals surface area contributed by atoms with Crippen molar-refractivity contribution in [2.45, 2.75) is 19.6 Å². The van der Waals surface area contributed by atoms with Gasteiger partial charge in [-0.3, -0.25) is 4.90 Å². The Labute approximate surface area is 116 Å². The average molecular weight is 272 g/mol. The second kappa shape index (κ2) is 5.30. The number of oxime groups is 1. The molecule has 0 saturated carbocycles. The summed E-state index contributed by atoms with van der Waals surface area (Å²) in [6.07, 6.45) is 1.78. The van der Waals surface area contributed by atoms with Crippen LogP contribution in [0.15, 0.2) is 35.7 Å². The van der Waals surface area contributed by atoms with Crippen molar-refractivity contribution < 1.29 is 5.21 Å². The van der Waals surface area contributed by atoms with Crippen LogP contribution in [0, 0.1) is 0 Å². The second-order valence-electron chi connectivity index (χ2n) is 4.83. The van der Waals surface area contributed by atoms with Crippen molar-refractivity contribution in [3.8, 4) is 0 Å². The molecule has 0 bridgehead atoms. The summed E-state index contributed by atoms with van der Waals surface area (Å²) in [4.78, 5) is 2.32. The van der Waals surface area contributed by atoms with Crippen molar-refractivity contribution in [3.63, 3.8) is 0 Å². The molecule has 1 aliphatic rings. The molecular weight excluding hydrogens is 256 g/mol. The molecule has 1 aromatic carbocycles. The Hall–Kier alpha value is -2.41. The Morgan fingerprint density at radius 1 is 1.30 bits per heavy atom. The number of fused-ring (bicyclic) bond motifs is 1. The molecule has 0 saturated heterocycles. The number of hydrogen-bond acceptors (Lipinski definition) is 5. The average Bonchev–Trinajstić information content (AvgIpc) is 2.95. The number of benzene rings is 1. The van der Waals surface area contributed by atoms with Gasteiger partial charge in [0.1, 0.15) is 12.2 Å². The summed E-state index contributed by atoms with van der Waals surface area (Å²) in [5, 5.41) is 19.6. The summed E-state index contributed by atoms with van der Waals surface area (Å²) >= 11 is 0. The van der Waals surface area contributed by atoms with E-state index in [0.29, 0.717) is 0 Å². The highest BCUT2D eigenvalue weighted by Gasteiger charge is 2.17. The maximum absolute atomic E-state index is 8.63. The van der Waals surface area contributed by atoms with Gasteiger partial charge < -0.3 is 15.5 Å². The predicted octanol–water partition coefficient (Wildman–Crippen LogP) is 0.388. The molecule has 7 heteroatoms. The molecule has 1 aliphatic heterocycles. The zero-order chi connectivity index (χ0) is 13.9. The van der Waals surface area contributed by atoms with Crippen LogP contribution in [0.3, 0.4) is 0 Å². The first-order chi connectivity index (χ1) is 9.76. The van der Waals surface area contributed by atoms with E-state index < -0.39 is 0 Å². The molecule has 0 fully saturated rings. The zero-order valence-electron chi connectivity index (χ0n) is 11.0. The fourth-order valence-corrected chi connectivity index (χ4v) is 2.35. The van der Waals surface area contributed by atoms with Crippen LogP contribution >= 0.6 is 0 Å². The molecule has 0 aliphatic carbocycles. The molecule has 2 aromatic rings. The van der Waals surface area contributed by atoms with Crippen molar-refractivity contribution in [1.82, 2.24) is 19.7 Å². The van der Waals surface area contributed by atoms with Crippen molar-refractivity contribution in [2.24, 2.45) is 10.9 Å². The molecule has 3 rings (SSSR count). The molecule has 0 spiro atoms. The highest BCUT2D eigenvalue weighted by Crippen LogP contribution is 2.13. The summed E-state index contributed by atoms with van der Waals surface area (Å²) in [6.45, 7) is 3.56. The molecular formula is C13H16N6O. The van der Waals surface area contributed by atoms with Crippen LogP contribution in [-0.4, -0.2) is 37.3 Å². The maximum Gasteiger partial charge on any atom is 0.170 e. The van der Waals surface area contributed by atoms with Crippen LogP contribution in [0.4, 0.5) is 0 Å². The molecule has 2 heterocycles. The van der Waals surface area contributed by atoms with E-state index in [9.17, 15) is 0 Å². The molecule has 0 atom stereocenters. The highest BCUT2D eigenvalue weighted by molar-refractivity contribution is 5.96. The van der Waals surface area contributed by atoms with Gasteiger partial charge in [-0.15, -0.1) is 10.2 Å². The zero-order valence-corrected chi connectivity index (χ0v) is 11.0. The molecule has 0 radical (unpaired) electrons. The molecule has 3 N–H and O–H groups in total. The van der Waals surface area contributed by atoms with Gasteiger partial charge in [-0.2, -0.15) is 0 Å². The number of rotatable bonds is 3. The third-order valence-corrected chi connectivity index (χ3v) is 3.48. The lowest BCUT2D eigenvalue weighted by molar-refractivity contribution is 0.209. The summed E-state index contributed by atoms with van der Waals surface area (Å²) < 4.78 is 2.08. The number of nitrogens with zero attached hydrogens (tertiary/aromatic N) is 5. The number of nitrogens with two attached hydrogens (primary N) is 1. The lowest BCUT2D eigenvalue weighted by atomic mass is 10.1. The summed E-state index contributed by atoms with van der Waals surface area (Å²) in [7, 11) is 0. The van der Waals surface area contributed by atoms with Crippen LogP contribution in [0.5, 0.6) is 0 Å². The minimum atomic E-state index is 0.127. The van der Waals surface area contributed by atoms with Gasteiger partial charge in [-0.05, 0) is 5.56 Å². The normalized spacial score (nSPS) is 16.1. The third kappa shape index (κ3) is 2.48. The smallest absolute Gasteiger partial charge is 0.170 e. The van der Waals surface area contributed by atoms with E-state index in [-0.39, 0.29) is 5.84 Å². The van der Waals surface area contributed by atoms with E-state index in [4.69, 9.17) is 10.9 Å². The largest absolute Gasteiger partial charge is 0.409 e. The quantitative estimate of drug-likeness (QED) is 0.365. The Morgan fingerprint density at radius 2 is 2.10 bits per heavy atom. The lowest BCUT2D eigenvalue weighted by Crippen LogP contribution is -2.33. The first-order valence-electron chi connectivity index (χ1n) is 6.42. The van der Waals surface area contributed by atoms with Gasteiger partial charge in [0.2, 0.25) is 0 Å². The number of aromatic nitrogens is 3. The van der Waals surface area contributed by atoms with Gasteiger partial charge in [0.05, 0.1) is 6.54 Å². The monoisotopic (exact) mass is 272 g/mol. The van der Waals surface area contributed by atoms with Crippen LogP contribution in [-0.2, 0) is 19.6 Å². The fraction of sp³-hybridized carbons (Fsp3) is 0.308. The van der Waals surface area contributed by atoms with Gasteiger partial charge in [-0.1, -0.05) is 29.4 Å². The first-order valence-corrected chi connectivity index (χ1v) is 6.42. The van der Waals surface area contributed by atoms with E-state index in [1.54, 1.807) is 6.33 Å². The molecule has 0 amide bonds. The molecule has 0 unspecified atom stereocenters. The third-order valence-electron chi connectivity index (χ3n) is 3.48. The Kier molecular flexibility index (Phi) is 3.34. The molecule has 1 aromatic heterocycles. The van der Waals surface area contributed by atoms with Crippen LogP contribution in [0.1, 0.15) is 17.0 Å². The van der Waals surface area contributed by atoms with Gasteiger partial charge in [0, 0.05) is 25.2 Å². The minimum absolute atomic E-state index is 0.127. The molecule has 20 heavy (non-hydrogen) atoms. The summed E-state index contributed by atoms with van der Waals surface area (Å²) in [6, 6.07) is 7.70. The van der Waals surface area contributed by atoms with Crippen LogP contribution < -0.4 is 5.73 Å². The van der Waals surface area contributed by atoms with E-state index in [1.165, 1.54) is 5.56 Å². The maximum atomic E-state index is 8.63.